The van der Waals surface area contributed by atoms with Gasteiger partial charge in [0.05, 0.1) is 22.7 Å². The number of halogens is 5. The molecule has 0 spiro atoms. The zero-order chi connectivity index (χ0) is 20.9. The third kappa shape index (κ3) is 5.93. The molecule has 1 N–H and O–H groups in total. The summed E-state index contributed by atoms with van der Waals surface area (Å²) in [6, 6.07) is 6.10. The molecule has 0 aliphatic carbocycles. The van der Waals surface area contributed by atoms with Crippen LogP contribution in [0.3, 0.4) is 0 Å². The van der Waals surface area contributed by atoms with Crippen molar-refractivity contribution in [3.8, 4) is 0 Å². The van der Waals surface area contributed by atoms with E-state index in [9.17, 15) is 18.0 Å². The topological polar surface area (TPSA) is 63.6 Å². The van der Waals surface area contributed by atoms with Gasteiger partial charge in [-0.15, -0.1) is 0 Å². The molecule has 150 valence electrons. The number of nitrogens with one attached hydrogen (secondary N) is 1. The Morgan fingerprint density at radius 3 is 2.64 bits per heavy atom. The zero-order valence-electron chi connectivity index (χ0n) is 14.8. The number of alkyl halides is 3. The lowest BCUT2D eigenvalue weighted by atomic mass is 10.1. The summed E-state index contributed by atoms with van der Waals surface area (Å²) in [4.78, 5) is 21.7. The summed E-state index contributed by atoms with van der Waals surface area (Å²) >= 11 is 9.40. The summed E-state index contributed by atoms with van der Waals surface area (Å²) < 4.78 is 40.0. The van der Waals surface area contributed by atoms with Gasteiger partial charge in [0.25, 0.3) is 5.91 Å². The molecule has 2 aromatic rings. The van der Waals surface area contributed by atoms with Crippen molar-refractivity contribution in [1.82, 2.24) is 10.3 Å². The molecule has 0 atom stereocenters. The second kappa shape index (κ2) is 9.38. The van der Waals surface area contributed by atoms with Crippen LogP contribution in [-0.4, -0.2) is 29.3 Å². The summed E-state index contributed by atoms with van der Waals surface area (Å²) in [6.45, 7) is 3.26. The van der Waals surface area contributed by atoms with Crippen molar-refractivity contribution >= 4 is 39.1 Å². The van der Waals surface area contributed by atoms with Crippen LogP contribution in [-0.2, 0) is 11.0 Å². The molecule has 5 nitrogen and oxygen atoms in total. The number of oxime groups is 1. The number of amides is 1. The highest BCUT2D eigenvalue weighted by Crippen LogP contribution is 2.31. The van der Waals surface area contributed by atoms with E-state index >= 15 is 0 Å². The first-order chi connectivity index (χ1) is 13.1. The Balaban J connectivity index is 2.27. The Morgan fingerprint density at radius 1 is 1.36 bits per heavy atom. The minimum Gasteiger partial charge on any atom is -0.393 e. The first kappa shape index (κ1) is 22.2. The van der Waals surface area contributed by atoms with Crippen molar-refractivity contribution in [2.24, 2.45) is 5.16 Å². The van der Waals surface area contributed by atoms with Crippen LogP contribution in [0.2, 0.25) is 5.02 Å². The molecule has 1 aromatic carbocycles. The zero-order valence-corrected chi connectivity index (χ0v) is 17.2. The second-order valence-electron chi connectivity index (χ2n) is 5.90. The molecule has 28 heavy (non-hydrogen) atoms. The van der Waals surface area contributed by atoms with Gasteiger partial charge in [-0.05, 0) is 48.0 Å². The largest absolute Gasteiger partial charge is 0.417 e. The number of benzene rings is 1. The van der Waals surface area contributed by atoms with Gasteiger partial charge in [0, 0.05) is 10.7 Å². The molecule has 0 aliphatic heterocycles. The molecule has 2 rings (SSSR count). The minimum atomic E-state index is -4.65. The number of carbonyl (C=O) groups excluding carboxylic acids is 1. The van der Waals surface area contributed by atoms with Crippen molar-refractivity contribution < 1.29 is 22.8 Å². The molecule has 10 heteroatoms. The average molecular weight is 479 g/mol. The van der Waals surface area contributed by atoms with Gasteiger partial charge < -0.3 is 10.2 Å². The molecule has 0 fully saturated rings. The van der Waals surface area contributed by atoms with Gasteiger partial charge in [0.1, 0.15) is 17.5 Å². The molecule has 0 radical (unpaired) electrons. The van der Waals surface area contributed by atoms with Crippen molar-refractivity contribution in [1.29, 1.82) is 0 Å². The molecule has 1 aromatic heterocycles. The summed E-state index contributed by atoms with van der Waals surface area (Å²) in [5.41, 5.74) is -1.10. The lowest BCUT2D eigenvalue weighted by molar-refractivity contribution is -0.137. The molecule has 0 bridgehead atoms. The van der Waals surface area contributed by atoms with Crippen LogP contribution in [0.5, 0.6) is 0 Å². The summed E-state index contributed by atoms with van der Waals surface area (Å²) in [5.74, 6) is -0.904. The fourth-order valence-electron chi connectivity index (χ4n) is 2.14. The maximum Gasteiger partial charge on any atom is 0.417 e. The highest BCUT2D eigenvalue weighted by atomic mass is 79.9. The van der Waals surface area contributed by atoms with E-state index in [1.165, 1.54) is 18.3 Å². The number of aromatic nitrogens is 1. The van der Waals surface area contributed by atoms with Gasteiger partial charge in [0.15, 0.2) is 0 Å². The fourth-order valence-corrected chi connectivity index (χ4v) is 2.88. The smallest absolute Gasteiger partial charge is 0.393 e. The van der Waals surface area contributed by atoms with Crippen molar-refractivity contribution in [3.05, 3.63) is 62.8 Å². The Morgan fingerprint density at radius 2 is 2.04 bits per heavy atom. The predicted octanol–water partition coefficient (Wildman–Crippen LogP) is 5.08. The van der Waals surface area contributed by atoms with E-state index in [4.69, 9.17) is 16.4 Å². The van der Waals surface area contributed by atoms with Crippen LogP contribution in [0.1, 0.15) is 35.5 Å². The second-order valence-corrected chi connectivity index (χ2v) is 7.23. The molecule has 0 unspecified atom stereocenters. The summed E-state index contributed by atoms with van der Waals surface area (Å²) in [5, 5.41) is 6.59. The van der Waals surface area contributed by atoms with Crippen LogP contribution in [0.25, 0.3) is 0 Å². The number of nitrogens with zero attached hydrogens (tertiary/aromatic N) is 2. The standard InChI is InChI=1S/C18H16BrClF3N3O2/c1-10(2)28-26-15(16-14(20)7-11(19)8-24-16)9-25-17(27)12-5-3-4-6-13(12)18(21,22)23/h3-8,10H,9H2,1-2H3,(H,25,27)/b26-15-. The van der Waals surface area contributed by atoms with E-state index < -0.39 is 23.2 Å². The van der Waals surface area contributed by atoms with Crippen LogP contribution in [0, 0.1) is 0 Å². The highest BCUT2D eigenvalue weighted by Gasteiger charge is 2.34. The lowest BCUT2D eigenvalue weighted by Gasteiger charge is -2.14. The molecular weight excluding hydrogens is 463 g/mol. The maximum atomic E-state index is 13.1. The Hall–Kier alpha value is -2.13. The van der Waals surface area contributed by atoms with Crippen molar-refractivity contribution in [2.75, 3.05) is 6.54 Å². The van der Waals surface area contributed by atoms with Crippen LogP contribution in [0.4, 0.5) is 13.2 Å². The van der Waals surface area contributed by atoms with E-state index in [2.05, 4.69) is 31.4 Å². The van der Waals surface area contributed by atoms with Gasteiger partial charge in [0.2, 0.25) is 0 Å². The van der Waals surface area contributed by atoms with Crippen LogP contribution in [0.15, 0.2) is 46.2 Å². The molecule has 0 saturated carbocycles. The van der Waals surface area contributed by atoms with Gasteiger partial charge >= 0.3 is 6.18 Å². The number of hydrogen-bond donors (Lipinski definition) is 1. The van der Waals surface area contributed by atoms with Crippen molar-refractivity contribution in [3.63, 3.8) is 0 Å². The highest BCUT2D eigenvalue weighted by molar-refractivity contribution is 9.10. The SMILES string of the molecule is CC(C)O/N=C(/CNC(=O)c1ccccc1C(F)(F)F)c1ncc(Br)cc1Cl. The van der Waals surface area contributed by atoms with Crippen LogP contribution < -0.4 is 5.32 Å². The normalized spacial score (nSPS) is 12.2. The van der Waals surface area contributed by atoms with E-state index in [0.29, 0.717) is 4.47 Å². The molecule has 0 saturated heterocycles. The number of rotatable bonds is 6. The van der Waals surface area contributed by atoms with Crippen LogP contribution >= 0.6 is 27.5 Å². The van der Waals surface area contributed by atoms with Gasteiger partial charge in [-0.1, -0.05) is 28.9 Å². The van der Waals surface area contributed by atoms with Gasteiger partial charge in [-0.2, -0.15) is 13.2 Å². The number of pyridine rings is 1. The Labute approximate surface area is 173 Å². The first-order valence-electron chi connectivity index (χ1n) is 8.08. The Bertz CT molecular complexity index is 889. The van der Waals surface area contributed by atoms with E-state index in [0.717, 1.165) is 12.1 Å². The third-order valence-corrected chi connectivity index (χ3v) is 4.07. The molecule has 1 heterocycles. The van der Waals surface area contributed by atoms with Crippen molar-refractivity contribution in [2.45, 2.75) is 26.1 Å². The van der Waals surface area contributed by atoms with Gasteiger partial charge in [-0.3, -0.25) is 9.78 Å². The number of hydrogen-bond acceptors (Lipinski definition) is 4. The monoisotopic (exact) mass is 477 g/mol. The van der Waals surface area contributed by atoms with E-state index in [-0.39, 0.29) is 29.1 Å². The first-order valence-corrected chi connectivity index (χ1v) is 9.25. The fraction of sp³-hybridized carbons (Fsp3) is 0.278. The van der Waals surface area contributed by atoms with E-state index in [1.54, 1.807) is 19.9 Å². The molecule has 1 amide bonds. The van der Waals surface area contributed by atoms with E-state index in [1.807, 2.05) is 0 Å². The predicted molar refractivity (Wildman–Crippen MR) is 103 cm³/mol. The quantitative estimate of drug-likeness (QED) is 0.465. The average Bonchev–Trinajstić information content (AvgIpc) is 2.61. The minimum absolute atomic E-state index is 0.170. The number of carbonyl (C=O) groups is 1. The summed E-state index contributed by atoms with van der Waals surface area (Å²) in [6.07, 6.45) is -3.43. The van der Waals surface area contributed by atoms with Gasteiger partial charge in [-0.25, -0.2) is 0 Å². The maximum absolute atomic E-state index is 13.1. The lowest BCUT2D eigenvalue weighted by Crippen LogP contribution is -2.32. The summed E-state index contributed by atoms with van der Waals surface area (Å²) in [7, 11) is 0. The Kier molecular flexibility index (Phi) is 7.42. The molecular formula is C18H16BrClF3N3O2. The molecule has 0 aliphatic rings. The third-order valence-electron chi connectivity index (χ3n) is 3.35.